The molecule has 0 aromatic heterocycles. The zero-order valence-electron chi connectivity index (χ0n) is 5.92. The first-order valence-corrected chi connectivity index (χ1v) is 3.06. The van der Waals surface area contributed by atoms with E-state index in [2.05, 4.69) is 10.1 Å². The number of ether oxygens (including phenoxy) is 1. The molecule has 0 radical (unpaired) electrons. The number of rotatable bonds is 1. The number of carbonyl (C=O) groups is 3. The van der Waals surface area contributed by atoms with Gasteiger partial charge in [0.05, 0.1) is 7.11 Å². The number of methoxy groups -OCH3 is 1. The van der Waals surface area contributed by atoms with Crippen molar-refractivity contribution in [1.29, 1.82) is 0 Å². The number of hydrogen-bond donors (Lipinski definition) is 1. The van der Waals surface area contributed by atoms with Crippen LogP contribution in [0.5, 0.6) is 0 Å². The van der Waals surface area contributed by atoms with Crippen LogP contribution in [0.2, 0.25) is 0 Å². The molecule has 1 heterocycles. The summed E-state index contributed by atoms with van der Waals surface area (Å²) in [6, 6.07) is 0. The smallest absolute Gasteiger partial charge is 0.318 e. The van der Waals surface area contributed by atoms with Gasteiger partial charge in [-0.2, -0.15) is 0 Å². The van der Waals surface area contributed by atoms with Crippen LogP contribution in [0.1, 0.15) is 0 Å². The number of hydrogen-bond acceptors (Lipinski definition) is 4. The monoisotopic (exact) mass is 157 g/mol. The van der Waals surface area contributed by atoms with Crippen molar-refractivity contribution < 1.29 is 19.1 Å². The normalized spacial score (nSPS) is 23.2. The largest absolute Gasteiger partial charge is 0.468 e. The first-order chi connectivity index (χ1) is 5.16. The second-order valence-electron chi connectivity index (χ2n) is 2.15. The summed E-state index contributed by atoms with van der Waals surface area (Å²) in [5.41, 5.74) is 0. The molecular formula is C6H7NO4. The van der Waals surface area contributed by atoms with Gasteiger partial charge in [-0.15, -0.1) is 0 Å². The molecule has 0 saturated carbocycles. The molecule has 1 rings (SSSR count). The maximum Gasteiger partial charge on any atom is 0.318 e. The summed E-state index contributed by atoms with van der Waals surface area (Å²) in [6.45, 7) is 0.0599. The predicted octanol–water partition coefficient (Wildman–Crippen LogP) is -1.53. The van der Waals surface area contributed by atoms with Gasteiger partial charge in [-0.25, -0.2) is 0 Å². The minimum Gasteiger partial charge on any atom is -0.468 e. The highest BCUT2D eigenvalue weighted by molar-refractivity contribution is 6.42. The second-order valence-corrected chi connectivity index (χ2v) is 2.15. The molecule has 1 amide bonds. The van der Waals surface area contributed by atoms with Crippen LogP contribution in [-0.4, -0.2) is 31.3 Å². The minimum atomic E-state index is -0.938. The zero-order valence-corrected chi connectivity index (χ0v) is 5.92. The van der Waals surface area contributed by atoms with Crippen molar-refractivity contribution in [1.82, 2.24) is 5.32 Å². The van der Waals surface area contributed by atoms with Gasteiger partial charge in [0.2, 0.25) is 5.78 Å². The fraction of sp³-hybridized carbons (Fsp3) is 0.500. The van der Waals surface area contributed by atoms with Gasteiger partial charge in [-0.05, 0) is 0 Å². The van der Waals surface area contributed by atoms with Crippen LogP contribution in [0.3, 0.4) is 0 Å². The summed E-state index contributed by atoms with van der Waals surface area (Å²) in [5, 5.41) is 2.25. The third-order valence-electron chi connectivity index (χ3n) is 1.49. The average Bonchev–Trinajstić information content (AvgIpc) is 2.32. The molecule has 0 aliphatic carbocycles. The molecule has 1 fully saturated rings. The molecule has 1 aliphatic rings. The number of nitrogens with one attached hydrogen (secondary N) is 1. The Hall–Kier alpha value is -1.39. The molecular weight excluding hydrogens is 150 g/mol. The molecule has 5 heteroatoms. The molecule has 0 aromatic rings. The van der Waals surface area contributed by atoms with Crippen LogP contribution in [0.25, 0.3) is 0 Å². The van der Waals surface area contributed by atoms with Crippen LogP contribution in [-0.2, 0) is 19.1 Å². The van der Waals surface area contributed by atoms with Crippen molar-refractivity contribution in [2.24, 2.45) is 5.92 Å². The van der Waals surface area contributed by atoms with Gasteiger partial charge in [-0.3, -0.25) is 14.4 Å². The highest BCUT2D eigenvalue weighted by atomic mass is 16.5. The van der Waals surface area contributed by atoms with E-state index in [1.54, 1.807) is 0 Å². The molecule has 5 nitrogen and oxygen atoms in total. The molecule has 0 bridgehead atoms. The second kappa shape index (κ2) is 2.69. The van der Waals surface area contributed by atoms with Crippen molar-refractivity contribution in [3.05, 3.63) is 0 Å². The molecule has 1 atom stereocenters. The minimum absolute atomic E-state index is 0.0599. The topological polar surface area (TPSA) is 72.5 Å². The Morgan fingerprint density at radius 1 is 1.64 bits per heavy atom. The third-order valence-corrected chi connectivity index (χ3v) is 1.49. The fourth-order valence-corrected chi connectivity index (χ4v) is 0.865. The van der Waals surface area contributed by atoms with E-state index in [1.165, 1.54) is 7.11 Å². The Balaban J connectivity index is 2.69. The van der Waals surface area contributed by atoms with Gasteiger partial charge in [0.15, 0.2) is 0 Å². The van der Waals surface area contributed by atoms with Crippen molar-refractivity contribution >= 4 is 17.7 Å². The summed E-state index contributed by atoms with van der Waals surface area (Å²) in [7, 11) is 1.18. The van der Waals surface area contributed by atoms with Crippen LogP contribution in [0.15, 0.2) is 0 Å². The van der Waals surface area contributed by atoms with Crippen LogP contribution in [0.4, 0.5) is 0 Å². The zero-order chi connectivity index (χ0) is 8.43. The molecule has 11 heavy (non-hydrogen) atoms. The van der Waals surface area contributed by atoms with Gasteiger partial charge in [0.25, 0.3) is 5.91 Å². The Kier molecular flexibility index (Phi) is 1.89. The lowest BCUT2D eigenvalue weighted by atomic mass is 10.1. The van der Waals surface area contributed by atoms with Gasteiger partial charge >= 0.3 is 5.97 Å². The number of esters is 1. The summed E-state index contributed by atoms with van der Waals surface area (Å²) in [6.07, 6.45) is 0. The Morgan fingerprint density at radius 2 is 2.27 bits per heavy atom. The van der Waals surface area contributed by atoms with E-state index in [9.17, 15) is 14.4 Å². The lowest BCUT2D eigenvalue weighted by Gasteiger charge is -2.00. The number of amides is 1. The van der Waals surface area contributed by atoms with Crippen LogP contribution < -0.4 is 5.32 Å². The Bertz CT molecular complexity index is 223. The Morgan fingerprint density at radius 3 is 2.64 bits per heavy atom. The van der Waals surface area contributed by atoms with Crippen molar-refractivity contribution in [3.8, 4) is 0 Å². The summed E-state index contributed by atoms with van der Waals surface area (Å²) < 4.78 is 4.30. The van der Waals surface area contributed by atoms with E-state index in [1.807, 2.05) is 0 Å². The van der Waals surface area contributed by atoms with Crippen molar-refractivity contribution in [2.75, 3.05) is 13.7 Å². The van der Waals surface area contributed by atoms with Gasteiger partial charge < -0.3 is 10.1 Å². The first kappa shape index (κ1) is 7.71. The molecule has 1 N–H and O–H groups in total. The molecule has 0 aromatic carbocycles. The summed E-state index contributed by atoms with van der Waals surface area (Å²) in [4.78, 5) is 32.1. The maximum absolute atomic E-state index is 10.8. The lowest BCUT2D eigenvalue weighted by molar-refractivity contribution is -0.149. The van der Waals surface area contributed by atoms with E-state index in [0.29, 0.717) is 0 Å². The lowest BCUT2D eigenvalue weighted by Crippen LogP contribution is -2.24. The first-order valence-electron chi connectivity index (χ1n) is 3.06. The van der Waals surface area contributed by atoms with Crippen molar-refractivity contribution in [3.63, 3.8) is 0 Å². The maximum atomic E-state index is 10.8. The van der Waals surface area contributed by atoms with E-state index in [-0.39, 0.29) is 6.54 Å². The number of Topliss-reactive ketones (excluding diaryl/α,β-unsaturated/α-hetero) is 1. The summed E-state index contributed by atoms with van der Waals surface area (Å²) in [5.74, 6) is -3.02. The van der Waals surface area contributed by atoms with Crippen molar-refractivity contribution in [2.45, 2.75) is 0 Å². The SMILES string of the molecule is COC(=O)C1CNC(=O)C1=O. The van der Waals surface area contributed by atoms with E-state index >= 15 is 0 Å². The quantitative estimate of drug-likeness (QED) is 0.285. The third kappa shape index (κ3) is 1.21. The van der Waals surface area contributed by atoms with Crippen LogP contribution >= 0.6 is 0 Å². The van der Waals surface area contributed by atoms with Gasteiger partial charge in [0.1, 0.15) is 5.92 Å². The summed E-state index contributed by atoms with van der Waals surface area (Å²) >= 11 is 0. The molecule has 0 spiro atoms. The van der Waals surface area contributed by atoms with E-state index in [0.717, 1.165) is 0 Å². The highest BCUT2D eigenvalue weighted by Gasteiger charge is 2.38. The van der Waals surface area contributed by atoms with E-state index < -0.39 is 23.6 Å². The molecule has 1 aliphatic heterocycles. The molecule has 1 unspecified atom stereocenters. The van der Waals surface area contributed by atoms with Gasteiger partial charge in [-0.1, -0.05) is 0 Å². The number of carbonyl (C=O) groups excluding carboxylic acids is 3. The molecule has 1 saturated heterocycles. The molecule has 60 valence electrons. The highest BCUT2D eigenvalue weighted by Crippen LogP contribution is 2.05. The van der Waals surface area contributed by atoms with Gasteiger partial charge in [0, 0.05) is 6.54 Å². The number of ketones is 1. The average molecular weight is 157 g/mol. The Labute approximate surface area is 62.7 Å². The van der Waals surface area contributed by atoms with Crippen LogP contribution in [0, 0.1) is 5.92 Å². The fourth-order valence-electron chi connectivity index (χ4n) is 0.865. The van der Waals surface area contributed by atoms with E-state index in [4.69, 9.17) is 0 Å². The predicted molar refractivity (Wildman–Crippen MR) is 33.5 cm³/mol. The standard InChI is InChI=1S/C6H7NO4/c1-11-6(10)3-2-7-5(9)4(3)8/h3H,2H2,1H3,(H,7,9).